The van der Waals surface area contributed by atoms with E-state index in [0.717, 1.165) is 48.4 Å². The Bertz CT molecular complexity index is 5100. The summed E-state index contributed by atoms with van der Waals surface area (Å²) in [5.74, 6) is 0. The second-order valence-electron chi connectivity index (χ2n) is 29.1. The largest absolute Gasteiger partial charge is 0.314 e. The first kappa shape index (κ1) is 55.4. The summed E-state index contributed by atoms with van der Waals surface area (Å²) in [6.45, 7) is 26.1. The molecule has 11 aromatic rings. The molecule has 4 heteroatoms. The Labute approximate surface area is 537 Å². The third-order valence-corrected chi connectivity index (χ3v) is 22.2. The Balaban J connectivity index is 0.903. The van der Waals surface area contributed by atoms with Gasteiger partial charge in [-0.3, -0.25) is 0 Å². The summed E-state index contributed by atoms with van der Waals surface area (Å²) in [4.78, 5) is 7.70. The van der Waals surface area contributed by atoms with E-state index in [1.165, 1.54) is 151 Å². The maximum Gasteiger partial charge on any atom is 0.0583 e. The molecule has 4 nitrogen and oxygen atoms in total. The first-order chi connectivity index (χ1) is 43.9. The summed E-state index contributed by atoms with van der Waals surface area (Å²) in [6, 6.07) is 77.8. The molecule has 0 radical (unpaired) electrons. The van der Waals surface area contributed by atoms with Crippen LogP contribution in [0, 0.1) is 6.92 Å². The molecule has 0 N–H and O–H groups in total. The Morgan fingerprint density at radius 2 is 0.670 bits per heavy atom. The number of hydrogen-bond acceptors (Lipinski definition) is 3. The molecule has 0 saturated carbocycles. The van der Waals surface area contributed by atoms with E-state index in [2.05, 4.69) is 320 Å². The molecule has 1 aliphatic heterocycles. The molecule has 10 aromatic carbocycles. The van der Waals surface area contributed by atoms with Gasteiger partial charge in [-0.25, -0.2) is 0 Å². The molecule has 17 rings (SSSR count). The van der Waals surface area contributed by atoms with Crippen LogP contribution in [0.5, 0.6) is 0 Å². The van der Waals surface area contributed by atoms with Crippen molar-refractivity contribution in [1.82, 2.24) is 4.57 Å². The lowest BCUT2D eigenvalue weighted by Gasteiger charge is -2.38. The van der Waals surface area contributed by atoms with Crippen molar-refractivity contribution in [2.45, 2.75) is 124 Å². The van der Waals surface area contributed by atoms with Crippen LogP contribution in [0.2, 0.25) is 0 Å². The average Bonchev–Trinajstić information content (AvgIpc) is 1.68. The quantitative estimate of drug-likeness (QED) is 0.143. The van der Waals surface area contributed by atoms with Gasteiger partial charge < -0.3 is 19.3 Å². The molecule has 0 amide bonds. The Morgan fingerprint density at radius 3 is 1.14 bits per heavy atom. The highest BCUT2D eigenvalue weighted by Gasteiger charge is 2.42. The lowest BCUT2D eigenvalue weighted by molar-refractivity contribution is 0.630. The van der Waals surface area contributed by atoms with Crippen molar-refractivity contribution < 1.29 is 0 Å². The number of nitrogens with zero attached hydrogens (tertiary/aromatic N) is 4. The van der Waals surface area contributed by atoms with Crippen molar-refractivity contribution in [1.29, 1.82) is 0 Å². The standard InChI is InChI=1S/C87H78N4/c1-53-24-30-56(31-25-53)88(60-36-41-68-65-18-12-15-21-73(65)84(4,5)76(68)48-60)59-39-44-81-71(46-59)72-47-64(90(58-34-28-55(3)29-35-58)62-38-43-70-67-20-14-17-23-75(67)86(8,9)78(70)50-62)52-80-83(72)91(81)82-45-40-63(51-79(82)87(80,10)11)89(57-32-26-54(2)27-33-57)61-37-42-69-66-19-13-16-22-74(66)85(6,7)77(69)49-61/h12-24,26,28-30,32,34-52H,25,27,31,33H2,1-11H3. The van der Waals surface area contributed by atoms with Gasteiger partial charge in [0.05, 0.1) is 16.7 Å². The molecule has 0 spiro atoms. The van der Waals surface area contributed by atoms with Crippen LogP contribution in [0.4, 0.5) is 39.8 Å². The smallest absolute Gasteiger partial charge is 0.0583 e. The van der Waals surface area contributed by atoms with Crippen LogP contribution in [0.25, 0.3) is 60.9 Å². The highest BCUT2D eigenvalue weighted by Crippen LogP contribution is 2.57. The predicted molar refractivity (Wildman–Crippen MR) is 384 cm³/mol. The van der Waals surface area contributed by atoms with E-state index in [1.807, 2.05) is 0 Å². The molecule has 2 heterocycles. The van der Waals surface area contributed by atoms with Crippen LogP contribution in [-0.4, -0.2) is 4.57 Å². The molecule has 0 fully saturated rings. The van der Waals surface area contributed by atoms with Crippen molar-refractivity contribution in [3.05, 3.63) is 297 Å². The molecule has 0 atom stereocenters. The van der Waals surface area contributed by atoms with Gasteiger partial charge in [-0.1, -0.05) is 187 Å². The third-order valence-electron chi connectivity index (χ3n) is 22.2. The van der Waals surface area contributed by atoms with Gasteiger partial charge in [0.2, 0.25) is 0 Å². The fourth-order valence-corrected chi connectivity index (χ4v) is 17.0. The van der Waals surface area contributed by atoms with E-state index in [-0.39, 0.29) is 16.2 Å². The number of anilines is 7. The van der Waals surface area contributed by atoms with Crippen LogP contribution < -0.4 is 14.7 Å². The molecule has 91 heavy (non-hydrogen) atoms. The van der Waals surface area contributed by atoms with E-state index in [4.69, 9.17) is 0 Å². The second kappa shape index (κ2) is 19.7. The minimum absolute atomic E-state index is 0.135. The fraction of sp³-hybridized carbons (Fsp3) is 0.218. The Morgan fingerprint density at radius 1 is 0.297 bits per heavy atom. The minimum Gasteiger partial charge on any atom is -0.314 e. The maximum absolute atomic E-state index is 2.63. The summed E-state index contributed by atoms with van der Waals surface area (Å²) >= 11 is 0. The van der Waals surface area contributed by atoms with Crippen molar-refractivity contribution in [3.63, 3.8) is 0 Å². The molecule has 0 unspecified atom stereocenters. The van der Waals surface area contributed by atoms with Gasteiger partial charge in [0.25, 0.3) is 0 Å². The number of allylic oxidation sites excluding steroid dienone is 8. The number of fused-ring (bicyclic) bond motifs is 14. The zero-order valence-electron chi connectivity index (χ0n) is 54.5. The molecule has 0 saturated heterocycles. The highest BCUT2D eigenvalue weighted by atomic mass is 15.2. The molecule has 1 aromatic heterocycles. The first-order valence-electron chi connectivity index (χ1n) is 33.1. The van der Waals surface area contributed by atoms with E-state index in [9.17, 15) is 0 Å². The summed E-state index contributed by atoms with van der Waals surface area (Å²) in [5, 5.41) is 2.48. The van der Waals surface area contributed by atoms with Gasteiger partial charge in [-0.15, -0.1) is 0 Å². The van der Waals surface area contributed by atoms with Crippen LogP contribution in [-0.2, 0) is 21.7 Å². The number of benzene rings is 10. The topological polar surface area (TPSA) is 14.7 Å². The molecule has 446 valence electrons. The van der Waals surface area contributed by atoms with Crippen molar-refractivity contribution in [3.8, 4) is 39.1 Å². The monoisotopic (exact) mass is 1180 g/mol. The zero-order chi connectivity index (χ0) is 62.2. The van der Waals surface area contributed by atoms with E-state index in [1.54, 1.807) is 0 Å². The van der Waals surface area contributed by atoms with Crippen LogP contribution in [0.3, 0.4) is 0 Å². The second-order valence-corrected chi connectivity index (χ2v) is 29.1. The summed E-state index contributed by atoms with van der Waals surface area (Å²) in [6.07, 6.45) is 13.4. The maximum atomic E-state index is 2.63. The number of aryl methyl sites for hydroxylation is 1. The Hall–Kier alpha value is -9.64. The van der Waals surface area contributed by atoms with Crippen molar-refractivity contribution in [2.24, 2.45) is 0 Å². The van der Waals surface area contributed by atoms with E-state index in [0.29, 0.717) is 0 Å². The lowest BCUT2D eigenvalue weighted by atomic mass is 9.74. The van der Waals surface area contributed by atoms with Gasteiger partial charge in [-0.05, 0) is 234 Å². The number of rotatable bonds is 9. The van der Waals surface area contributed by atoms with E-state index >= 15 is 0 Å². The molecule has 5 aliphatic carbocycles. The fourth-order valence-electron chi connectivity index (χ4n) is 17.0. The van der Waals surface area contributed by atoms with Crippen LogP contribution in [0.15, 0.2) is 247 Å². The first-order valence-corrected chi connectivity index (χ1v) is 33.1. The predicted octanol–water partition coefficient (Wildman–Crippen LogP) is 23.6. The van der Waals surface area contributed by atoms with Gasteiger partial charge in [0.15, 0.2) is 0 Å². The molecular weight excluding hydrogens is 1100 g/mol. The highest BCUT2D eigenvalue weighted by molar-refractivity contribution is 6.14. The normalized spacial score (nSPS) is 17.0. The number of aromatic nitrogens is 1. The van der Waals surface area contributed by atoms with Crippen molar-refractivity contribution in [2.75, 3.05) is 14.7 Å². The van der Waals surface area contributed by atoms with Gasteiger partial charge >= 0.3 is 0 Å². The van der Waals surface area contributed by atoms with Crippen LogP contribution >= 0.6 is 0 Å². The minimum atomic E-state index is -0.448. The number of hydrogen-bond donors (Lipinski definition) is 0. The van der Waals surface area contributed by atoms with Crippen LogP contribution in [0.1, 0.15) is 145 Å². The van der Waals surface area contributed by atoms with Crippen molar-refractivity contribution >= 4 is 61.6 Å². The van der Waals surface area contributed by atoms with Gasteiger partial charge in [0.1, 0.15) is 0 Å². The summed E-state index contributed by atoms with van der Waals surface area (Å²) in [7, 11) is 0. The third kappa shape index (κ3) is 8.13. The van der Waals surface area contributed by atoms with Gasteiger partial charge in [0, 0.05) is 83.6 Å². The van der Waals surface area contributed by atoms with E-state index < -0.39 is 5.41 Å². The summed E-state index contributed by atoms with van der Waals surface area (Å²) < 4.78 is 2.63. The lowest BCUT2D eigenvalue weighted by Crippen LogP contribution is -2.28. The average molecular weight is 1180 g/mol. The summed E-state index contributed by atoms with van der Waals surface area (Å²) in [5.41, 5.74) is 36.5. The molecule has 0 bridgehead atoms. The Kier molecular flexibility index (Phi) is 12.0. The molecular formula is C87H78N4. The molecule has 6 aliphatic rings. The SMILES string of the molecule is CC1=CC=C(N(c2ccc3c(c2)C(C)(C)c2ccccc2-3)c2ccc3c(c2)C(C)(C)c2cc(N(c4ccc(C)cc4)c4ccc5c(c4)C(C)(C)c4ccccc4-5)cc4c5cc(N(C6=CC=C(C)CC6)c6ccc7c(c6)C(C)(C)c6ccccc6-7)ccc5n-3c24)CC1. The zero-order valence-corrected chi connectivity index (χ0v) is 54.5. The van der Waals surface area contributed by atoms with Gasteiger partial charge in [-0.2, -0.15) is 0 Å².